The number of benzene rings is 1. The van der Waals surface area contributed by atoms with Crippen molar-refractivity contribution in [1.29, 1.82) is 0 Å². The van der Waals surface area contributed by atoms with Gasteiger partial charge in [0, 0.05) is 23.8 Å². The fourth-order valence-corrected chi connectivity index (χ4v) is 2.13. The maximum absolute atomic E-state index is 12.0. The molecule has 26 heavy (non-hydrogen) atoms. The van der Waals surface area contributed by atoms with Gasteiger partial charge in [0.2, 0.25) is 0 Å². The highest BCUT2D eigenvalue weighted by atomic mass is 16.2. The largest absolute Gasteiger partial charge is 0.323 e. The molecule has 1 aromatic carbocycles. The lowest BCUT2D eigenvalue weighted by Gasteiger charge is -2.10. The summed E-state index contributed by atoms with van der Waals surface area (Å²) in [6.45, 7) is 0. The zero-order valence-electron chi connectivity index (χ0n) is 13.6. The molecule has 0 saturated heterocycles. The summed E-state index contributed by atoms with van der Waals surface area (Å²) >= 11 is 0. The first-order valence-electron chi connectivity index (χ1n) is 7.75. The van der Waals surface area contributed by atoms with Crippen LogP contribution in [0.25, 0.3) is 0 Å². The Kier molecular flexibility index (Phi) is 5.36. The molecule has 0 radical (unpaired) electrons. The summed E-state index contributed by atoms with van der Waals surface area (Å²) in [5.41, 5.74) is 2.22. The van der Waals surface area contributed by atoms with E-state index in [1.54, 1.807) is 73.3 Å². The van der Waals surface area contributed by atoms with E-state index in [4.69, 9.17) is 0 Å². The smallest absolute Gasteiger partial charge is 0.308 e. The minimum atomic E-state index is -0.407. The molecule has 0 saturated carbocycles. The molecular formula is C18H16N6O2. The second-order valence-electron chi connectivity index (χ2n) is 5.22. The first-order chi connectivity index (χ1) is 12.7. The quantitative estimate of drug-likeness (QED) is 0.575. The second kappa shape index (κ2) is 8.25. The van der Waals surface area contributed by atoms with E-state index < -0.39 is 12.1 Å². The Morgan fingerprint density at radius 3 is 1.46 bits per heavy atom. The Morgan fingerprint density at radius 1 is 0.615 bits per heavy atom. The number of amides is 4. The Labute approximate surface area is 149 Å². The fraction of sp³-hybridized carbons (Fsp3) is 0. The monoisotopic (exact) mass is 348 g/mol. The molecule has 2 aromatic heterocycles. The molecule has 2 heterocycles. The van der Waals surface area contributed by atoms with Crippen molar-refractivity contribution >= 4 is 34.8 Å². The summed E-state index contributed by atoms with van der Waals surface area (Å²) in [7, 11) is 0. The predicted octanol–water partition coefficient (Wildman–Crippen LogP) is 3.76. The first kappa shape index (κ1) is 16.9. The van der Waals surface area contributed by atoms with Crippen molar-refractivity contribution in [3.8, 4) is 0 Å². The highest BCUT2D eigenvalue weighted by Crippen LogP contribution is 2.16. The number of rotatable bonds is 4. The van der Waals surface area contributed by atoms with Crippen LogP contribution in [0.5, 0.6) is 0 Å². The number of carbonyl (C=O) groups excluding carboxylic acids is 2. The molecule has 4 N–H and O–H groups in total. The summed E-state index contributed by atoms with van der Waals surface area (Å²) in [4.78, 5) is 31.8. The van der Waals surface area contributed by atoms with Gasteiger partial charge in [0.15, 0.2) is 0 Å². The van der Waals surface area contributed by atoms with E-state index in [0.717, 1.165) is 0 Å². The average molecular weight is 348 g/mol. The van der Waals surface area contributed by atoms with Crippen molar-refractivity contribution in [3.63, 3.8) is 0 Å². The van der Waals surface area contributed by atoms with E-state index in [0.29, 0.717) is 22.7 Å². The number of nitrogens with one attached hydrogen (secondary N) is 4. The third-order valence-corrected chi connectivity index (χ3v) is 3.22. The lowest BCUT2D eigenvalue weighted by atomic mass is 10.3. The fourth-order valence-electron chi connectivity index (χ4n) is 2.13. The van der Waals surface area contributed by atoms with E-state index in [1.165, 1.54) is 0 Å². The van der Waals surface area contributed by atoms with E-state index in [1.807, 2.05) is 0 Å². The number of aromatic nitrogens is 2. The van der Waals surface area contributed by atoms with Crippen molar-refractivity contribution in [2.75, 3.05) is 21.3 Å². The summed E-state index contributed by atoms with van der Waals surface area (Å²) < 4.78 is 0. The van der Waals surface area contributed by atoms with Crippen molar-refractivity contribution in [2.24, 2.45) is 0 Å². The third kappa shape index (κ3) is 5.03. The van der Waals surface area contributed by atoms with Gasteiger partial charge >= 0.3 is 12.1 Å². The van der Waals surface area contributed by atoms with Gasteiger partial charge in [-0.3, -0.25) is 9.97 Å². The standard InChI is InChI=1S/C18H16N6O2/c25-17(23-15-6-2-8-19-11-15)21-13-4-1-5-14(10-13)22-18(26)24-16-7-3-9-20-12-16/h1-12H,(H2,21,23,25)(H2,22,24,26). The number of carbonyl (C=O) groups is 2. The second-order valence-corrected chi connectivity index (χ2v) is 5.22. The van der Waals surface area contributed by atoms with Crippen molar-refractivity contribution in [2.45, 2.75) is 0 Å². The Hall–Kier alpha value is -3.94. The van der Waals surface area contributed by atoms with Crippen LogP contribution in [0, 0.1) is 0 Å². The maximum atomic E-state index is 12.0. The first-order valence-corrected chi connectivity index (χ1v) is 7.75. The Balaban J connectivity index is 1.57. The van der Waals surface area contributed by atoms with Crippen LogP contribution in [0.15, 0.2) is 73.3 Å². The van der Waals surface area contributed by atoms with Gasteiger partial charge in [0.1, 0.15) is 0 Å². The van der Waals surface area contributed by atoms with E-state index in [9.17, 15) is 9.59 Å². The predicted molar refractivity (Wildman–Crippen MR) is 100 cm³/mol. The molecule has 3 rings (SSSR count). The molecule has 3 aromatic rings. The number of hydrogen-bond donors (Lipinski definition) is 4. The molecule has 8 nitrogen and oxygen atoms in total. The summed E-state index contributed by atoms with van der Waals surface area (Å²) in [6, 6.07) is 12.9. The zero-order chi connectivity index (χ0) is 18.2. The normalized spacial score (nSPS) is 9.85. The van der Waals surface area contributed by atoms with Crippen LogP contribution >= 0.6 is 0 Å². The molecule has 0 aliphatic rings. The number of anilines is 4. The number of hydrogen-bond acceptors (Lipinski definition) is 4. The van der Waals surface area contributed by atoms with Gasteiger partial charge < -0.3 is 21.3 Å². The van der Waals surface area contributed by atoms with E-state index >= 15 is 0 Å². The minimum absolute atomic E-state index is 0.407. The molecule has 0 aliphatic carbocycles. The van der Waals surface area contributed by atoms with Crippen LogP contribution in [0.4, 0.5) is 32.3 Å². The number of urea groups is 2. The summed E-state index contributed by atoms with van der Waals surface area (Å²) in [5.74, 6) is 0. The molecule has 8 heteroatoms. The lowest BCUT2D eigenvalue weighted by molar-refractivity contribution is 0.261. The van der Waals surface area contributed by atoms with Crippen LogP contribution in [0.2, 0.25) is 0 Å². The van der Waals surface area contributed by atoms with Crippen LogP contribution in [-0.4, -0.2) is 22.0 Å². The molecule has 0 atom stereocenters. The molecule has 130 valence electrons. The number of nitrogens with zero attached hydrogens (tertiary/aromatic N) is 2. The minimum Gasteiger partial charge on any atom is -0.308 e. The van der Waals surface area contributed by atoms with Gasteiger partial charge in [-0.25, -0.2) is 9.59 Å². The maximum Gasteiger partial charge on any atom is 0.323 e. The van der Waals surface area contributed by atoms with Crippen molar-refractivity contribution < 1.29 is 9.59 Å². The SMILES string of the molecule is O=C(Nc1cccnc1)Nc1cccc(NC(=O)Nc2cccnc2)c1. The van der Waals surface area contributed by atoms with Gasteiger partial charge in [-0.1, -0.05) is 6.07 Å². The average Bonchev–Trinajstić information content (AvgIpc) is 2.63. The van der Waals surface area contributed by atoms with Gasteiger partial charge in [0.25, 0.3) is 0 Å². The summed E-state index contributed by atoms with van der Waals surface area (Å²) in [5, 5.41) is 10.7. The molecule has 0 aliphatic heterocycles. The third-order valence-electron chi connectivity index (χ3n) is 3.22. The molecule has 0 fully saturated rings. The number of pyridine rings is 2. The summed E-state index contributed by atoms with van der Waals surface area (Å²) in [6.07, 6.45) is 6.32. The van der Waals surface area contributed by atoms with Crippen LogP contribution in [0.1, 0.15) is 0 Å². The highest BCUT2D eigenvalue weighted by Gasteiger charge is 2.06. The zero-order valence-corrected chi connectivity index (χ0v) is 13.6. The van der Waals surface area contributed by atoms with Gasteiger partial charge in [-0.2, -0.15) is 0 Å². The molecular weight excluding hydrogens is 332 g/mol. The van der Waals surface area contributed by atoms with Crippen molar-refractivity contribution in [1.82, 2.24) is 9.97 Å². The molecule has 4 amide bonds. The van der Waals surface area contributed by atoms with Gasteiger partial charge in [-0.15, -0.1) is 0 Å². The van der Waals surface area contributed by atoms with Crippen LogP contribution < -0.4 is 21.3 Å². The molecule has 0 spiro atoms. The van der Waals surface area contributed by atoms with E-state index in [-0.39, 0.29) is 0 Å². The van der Waals surface area contributed by atoms with Crippen LogP contribution in [-0.2, 0) is 0 Å². The van der Waals surface area contributed by atoms with Gasteiger partial charge in [0.05, 0.1) is 23.8 Å². The van der Waals surface area contributed by atoms with E-state index in [2.05, 4.69) is 31.2 Å². The highest BCUT2D eigenvalue weighted by molar-refractivity contribution is 6.02. The van der Waals surface area contributed by atoms with Gasteiger partial charge in [-0.05, 0) is 42.5 Å². The Morgan fingerprint density at radius 2 is 1.04 bits per heavy atom. The van der Waals surface area contributed by atoms with Crippen LogP contribution in [0.3, 0.4) is 0 Å². The van der Waals surface area contributed by atoms with Crippen molar-refractivity contribution in [3.05, 3.63) is 73.3 Å². The lowest BCUT2D eigenvalue weighted by Crippen LogP contribution is -2.21. The topological polar surface area (TPSA) is 108 Å². The molecule has 0 bridgehead atoms. The molecule has 0 unspecified atom stereocenters. The Bertz CT molecular complexity index is 816.